The van der Waals surface area contributed by atoms with Gasteiger partial charge in [-0.25, -0.2) is 0 Å². The summed E-state index contributed by atoms with van der Waals surface area (Å²) >= 11 is 1.67. The van der Waals surface area contributed by atoms with Crippen molar-refractivity contribution in [1.82, 2.24) is 5.32 Å². The lowest BCUT2D eigenvalue weighted by Gasteiger charge is -2.28. The van der Waals surface area contributed by atoms with Gasteiger partial charge in [-0.15, -0.1) is 0 Å². The van der Waals surface area contributed by atoms with Crippen molar-refractivity contribution in [2.45, 2.75) is 51.3 Å². The number of carbonyl (C=O) groups excluding carboxylic acids is 1. The van der Waals surface area contributed by atoms with Crippen molar-refractivity contribution >= 4 is 17.7 Å². The van der Waals surface area contributed by atoms with Gasteiger partial charge in [0.1, 0.15) is 5.54 Å². The highest BCUT2D eigenvalue weighted by atomic mass is 32.2. The van der Waals surface area contributed by atoms with Crippen molar-refractivity contribution in [1.29, 1.82) is 0 Å². The summed E-state index contributed by atoms with van der Waals surface area (Å²) in [7, 11) is 0. The van der Waals surface area contributed by atoms with Crippen LogP contribution in [0.25, 0.3) is 0 Å². The van der Waals surface area contributed by atoms with Gasteiger partial charge < -0.3 is 15.2 Å². The Kier molecular flexibility index (Phi) is 9.50. The van der Waals surface area contributed by atoms with Crippen molar-refractivity contribution in [2.75, 3.05) is 25.5 Å². The van der Waals surface area contributed by atoms with Crippen LogP contribution in [0.5, 0.6) is 0 Å². The molecule has 0 amide bonds. The second-order valence-corrected chi connectivity index (χ2v) is 6.14. The number of carbonyl (C=O) groups is 1. The van der Waals surface area contributed by atoms with Gasteiger partial charge in [0, 0.05) is 5.25 Å². The molecular weight excluding hydrogens is 250 g/mol. The molecule has 0 aromatic heterocycles. The average molecular weight is 277 g/mol. The molecule has 0 aliphatic heterocycles. The fourth-order valence-corrected chi connectivity index (χ4v) is 2.50. The molecular formula is C13H27NO3S. The number of esters is 1. The normalized spacial score (nSPS) is 16.1. The molecule has 0 aromatic rings. The minimum Gasteiger partial charge on any atom is -0.465 e. The van der Waals surface area contributed by atoms with Gasteiger partial charge in [-0.2, -0.15) is 11.8 Å². The first-order chi connectivity index (χ1) is 8.50. The molecule has 0 heterocycles. The summed E-state index contributed by atoms with van der Waals surface area (Å²) in [6.07, 6.45) is 1.69. The zero-order valence-corrected chi connectivity index (χ0v) is 12.8. The van der Waals surface area contributed by atoms with E-state index in [1.165, 1.54) is 0 Å². The first-order valence-corrected chi connectivity index (χ1v) is 7.69. The van der Waals surface area contributed by atoms with E-state index in [9.17, 15) is 4.79 Å². The van der Waals surface area contributed by atoms with Crippen LogP contribution in [0.15, 0.2) is 0 Å². The second kappa shape index (κ2) is 9.64. The molecule has 2 atom stereocenters. The molecule has 0 saturated heterocycles. The first-order valence-electron chi connectivity index (χ1n) is 6.64. The Labute approximate surface area is 115 Å². The summed E-state index contributed by atoms with van der Waals surface area (Å²) in [6.45, 7) is 9.14. The lowest BCUT2D eigenvalue weighted by Crippen LogP contribution is -2.51. The zero-order chi connectivity index (χ0) is 14.0. The number of ether oxygens (including phenoxy) is 1. The molecule has 2 unspecified atom stereocenters. The van der Waals surface area contributed by atoms with Crippen LogP contribution in [0, 0.1) is 0 Å². The maximum absolute atomic E-state index is 12.0. The fraction of sp³-hybridized carbons (Fsp3) is 0.923. The Morgan fingerprint density at radius 1 is 1.50 bits per heavy atom. The molecule has 0 aromatic carbocycles. The van der Waals surface area contributed by atoms with Crippen molar-refractivity contribution in [3.05, 3.63) is 0 Å². The average Bonchev–Trinajstić information content (AvgIpc) is 2.36. The minimum absolute atomic E-state index is 0.170. The van der Waals surface area contributed by atoms with Crippen LogP contribution in [0.1, 0.15) is 40.5 Å². The molecule has 0 aliphatic rings. The molecule has 0 fully saturated rings. The molecule has 0 saturated carbocycles. The molecule has 0 spiro atoms. The topological polar surface area (TPSA) is 58.6 Å². The van der Waals surface area contributed by atoms with Gasteiger partial charge in [-0.05, 0) is 39.0 Å². The third-order valence-corrected chi connectivity index (χ3v) is 3.91. The van der Waals surface area contributed by atoms with Gasteiger partial charge in [-0.1, -0.05) is 13.8 Å². The summed E-state index contributed by atoms with van der Waals surface area (Å²) in [6, 6.07) is 0. The standard InChI is InChI=1S/C13H27NO3S/c1-5-8-14-13(4,12(16)17-6-2)7-9-18-11(3)10-15/h11,14-15H,5-10H2,1-4H3. The van der Waals surface area contributed by atoms with Crippen molar-refractivity contribution in [3.63, 3.8) is 0 Å². The molecule has 0 radical (unpaired) electrons. The Hall–Kier alpha value is -0.260. The highest BCUT2D eigenvalue weighted by molar-refractivity contribution is 7.99. The highest BCUT2D eigenvalue weighted by Gasteiger charge is 2.33. The Bertz CT molecular complexity index is 238. The van der Waals surface area contributed by atoms with E-state index in [0.29, 0.717) is 13.0 Å². The van der Waals surface area contributed by atoms with Crippen LogP contribution >= 0.6 is 11.8 Å². The number of aliphatic hydroxyl groups excluding tert-OH is 1. The lowest BCUT2D eigenvalue weighted by atomic mass is 9.99. The lowest BCUT2D eigenvalue weighted by molar-refractivity contribution is -0.150. The van der Waals surface area contributed by atoms with E-state index in [2.05, 4.69) is 12.2 Å². The Morgan fingerprint density at radius 2 is 2.17 bits per heavy atom. The van der Waals surface area contributed by atoms with Crippen molar-refractivity contribution < 1.29 is 14.6 Å². The van der Waals surface area contributed by atoms with Crippen LogP contribution in [-0.2, 0) is 9.53 Å². The number of rotatable bonds is 10. The number of aliphatic hydroxyl groups is 1. The van der Waals surface area contributed by atoms with E-state index in [1.54, 1.807) is 11.8 Å². The zero-order valence-electron chi connectivity index (χ0n) is 12.0. The molecule has 108 valence electrons. The third kappa shape index (κ3) is 6.61. The maximum atomic E-state index is 12.0. The number of hydrogen-bond donors (Lipinski definition) is 2. The van der Waals surface area contributed by atoms with Gasteiger partial charge in [-0.3, -0.25) is 4.79 Å². The summed E-state index contributed by atoms with van der Waals surface area (Å²) in [5.74, 6) is 0.643. The molecule has 5 heteroatoms. The number of thioether (sulfide) groups is 1. The Morgan fingerprint density at radius 3 is 2.67 bits per heavy atom. The smallest absolute Gasteiger partial charge is 0.326 e. The second-order valence-electron chi connectivity index (χ2n) is 4.59. The van der Waals surface area contributed by atoms with E-state index in [1.807, 2.05) is 20.8 Å². The predicted octanol–water partition coefficient (Wildman–Crippen LogP) is 1.81. The molecule has 18 heavy (non-hydrogen) atoms. The van der Waals surface area contributed by atoms with E-state index in [-0.39, 0.29) is 17.8 Å². The van der Waals surface area contributed by atoms with Gasteiger partial charge >= 0.3 is 5.97 Å². The third-order valence-electron chi connectivity index (χ3n) is 2.75. The van der Waals surface area contributed by atoms with E-state index in [4.69, 9.17) is 9.84 Å². The fourth-order valence-electron chi connectivity index (χ4n) is 1.47. The summed E-state index contributed by atoms with van der Waals surface area (Å²) in [5, 5.41) is 12.5. The minimum atomic E-state index is -0.617. The maximum Gasteiger partial charge on any atom is 0.326 e. The molecule has 4 nitrogen and oxygen atoms in total. The quantitative estimate of drug-likeness (QED) is 0.596. The van der Waals surface area contributed by atoms with E-state index in [0.717, 1.165) is 18.7 Å². The van der Waals surface area contributed by atoms with Crippen LogP contribution in [-0.4, -0.2) is 47.4 Å². The molecule has 0 rings (SSSR count). The van der Waals surface area contributed by atoms with Gasteiger partial charge in [0.2, 0.25) is 0 Å². The molecule has 0 aliphatic carbocycles. The first kappa shape index (κ1) is 17.7. The van der Waals surface area contributed by atoms with E-state index >= 15 is 0 Å². The largest absolute Gasteiger partial charge is 0.465 e. The van der Waals surface area contributed by atoms with Crippen LogP contribution in [0.3, 0.4) is 0 Å². The Balaban J connectivity index is 4.32. The van der Waals surface area contributed by atoms with E-state index < -0.39 is 5.54 Å². The van der Waals surface area contributed by atoms with Crippen molar-refractivity contribution in [2.24, 2.45) is 0 Å². The van der Waals surface area contributed by atoms with Crippen molar-refractivity contribution in [3.8, 4) is 0 Å². The summed E-state index contributed by atoms with van der Waals surface area (Å²) in [5.41, 5.74) is -0.617. The SMILES string of the molecule is CCCNC(C)(CCSC(C)CO)C(=O)OCC. The van der Waals surface area contributed by atoms with Gasteiger partial charge in [0.05, 0.1) is 13.2 Å². The van der Waals surface area contributed by atoms with Crippen LogP contribution < -0.4 is 5.32 Å². The summed E-state index contributed by atoms with van der Waals surface area (Å²) < 4.78 is 5.13. The van der Waals surface area contributed by atoms with Crippen LogP contribution in [0.4, 0.5) is 0 Å². The van der Waals surface area contributed by atoms with Gasteiger partial charge in [0.25, 0.3) is 0 Å². The predicted molar refractivity (Wildman–Crippen MR) is 77.0 cm³/mol. The highest BCUT2D eigenvalue weighted by Crippen LogP contribution is 2.19. The summed E-state index contributed by atoms with van der Waals surface area (Å²) in [4.78, 5) is 12.0. The number of hydrogen-bond acceptors (Lipinski definition) is 5. The monoisotopic (exact) mass is 277 g/mol. The number of nitrogens with one attached hydrogen (secondary N) is 1. The molecule has 2 N–H and O–H groups in total. The van der Waals surface area contributed by atoms with Gasteiger partial charge in [0.15, 0.2) is 0 Å². The molecule has 0 bridgehead atoms. The van der Waals surface area contributed by atoms with Crippen LogP contribution in [0.2, 0.25) is 0 Å².